The van der Waals surface area contributed by atoms with E-state index >= 15 is 0 Å². The normalized spacial score (nSPS) is 14.3. The number of aryl methyl sites for hydroxylation is 2. The summed E-state index contributed by atoms with van der Waals surface area (Å²) < 4.78 is 2.05. The van der Waals surface area contributed by atoms with Gasteiger partial charge in [-0.3, -0.25) is 4.57 Å². The van der Waals surface area contributed by atoms with Crippen LogP contribution in [0.3, 0.4) is 0 Å². The summed E-state index contributed by atoms with van der Waals surface area (Å²) in [5.41, 5.74) is 4.70. The number of imidazole rings is 1. The van der Waals surface area contributed by atoms with Crippen LogP contribution < -0.4 is 5.32 Å². The molecule has 1 aliphatic carbocycles. The van der Waals surface area contributed by atoms with Crippen LogP contribution in [0.5, 0.6) is 0 Å². The van der Waals surface area contributed by atoms with E-state index < -0.39 is 0 Å². The first-order chi connectivity index (χ1) is 9.79. The Kier molecular flexibility index (Phi) is 3.78. The van der Waals surface area contributed by atoms with E-state index in [1.54, 1.807) is 0 Å². The van der Waals surface area contributed by atoms with Crippen molar-refractivity contribution in [2.24, 2.45) is 0 Å². The molecule has 0 radical (unpaired) electrons. The van der Waals surface area contributed by atoms with E-state index in [1.165, 1.54) is 24.2 Å². The van der Waals surface area contributed by atoms with Crippen LogP contribution in [0.2, 0.25) is 0 Å². The molecular weight excluding hydrogens is 250 g/mol. The summed E-state index contributed by atoms with van der Waals surface area (Å²) in [5.74, 6) is 0.749. The van der Waals surface area contributed by atoms with Gasteiger partial charge in [-0.05, 0) is 39.2 Å². The van der Waals surface area contributed by atoms with Gasteiger partial charge in [-0.1, -0.05) is 6.92 Å². The number of nitrogens with one attached hydrogen (secondary N) is 1. The number of fused-ring (bicyclic) bond motifs is 1. The average molecular weight is 271 g/mol. The molecule has 5 nitrogen and oxygen atoms in total. The quantitative estimate of drug-likeness (QED) is 0.923. The second-order valence-electron chi connectivity index (χ2n) is 5.28. The molecule has 0 atom stereocenters. The molecule has 0 fully saturated rings. The van der Waals surface area contributed by atoms with E-state index in [9.17, 15) is 0 Å². The van der Waals surface area contributed by atoms with Crippen LogP contribution in [0, 0.1) is 6.92 Å². The van der Waals surface area contributed by atoms with Crippen molar-refractivity contribution in [3.8, 4) is 5.95 Å². The minimum Gasteiger partial charge on any atom is -0.313 e. The second-order valence-corrected chi connectivity index (χ2v) is 5.28. The molecule has 0 saturated carbocycles. The third kappa shape index (κ3) is 2.45. The molecule has 1 N–H and O–H groups in total. The lowest BCUT2D eigenvalue weighted by Gasteiger charge is -2.13. The van der Waals surface area contributed by atoms with E-state index in [0.29, 0.717) is 0 Å². The zero-order chi connectivity index (χ0) is 13.9. The molecule has 20 heavy (non-hydrogen) atoms. The fourth-order valence-electron chi connectivity index (χ4n) is 2.67. The number of hydrogen-bond acceptors (Lipinski definition) is 4. The second kappa shape index (κ2) is 5.71. The number of rotatable bonds is 4. The van der Waals surface area contributed by atoms with Gasteiger partial charge in [-0.2, -0.15) is 0 Å². The minimum absolute atomic E-state index is 0.749. The summed E-state index contributed by atoms with van der Waals surface area (Å²) in [5, 5.41) is 3.31. The summed E-state index contributed by atoms with van der Waals surface area (Å²) >= 11 is 0. The van der Waals surface area contributed by atoms with Crippen molar-refractivity contribution in [3.63, 3.8) is 0 Å². The molecule has 0 unspecified atom stereocenters. The van der Waals surface area contributed by atoms with Gasteiger partial charge in [0.05, 0.1) is 5.69 Å². The molecule has 0 saturated heterocycles. The largest absolute Gasteiger partial charge is 0.313 e. The summed E-state index contributed by atoms with van der Waals surface area (Å²) in [7, 11) is 0. The van der Waals surface area contributed by atoms with Crippen LogP contribution in [-0.2, 0) is 19.4 Å². The molecule has 3 rings (SSSR count). The van der Waals surface area contributed by atoms with Crippen LogP contribution in [0.25, 0.3) is 5.95 Å². The molecule has 0 bridgehead atoms. The van der Waals surface area contributed by atoms with Crippen molar-refractivity contribution in [1.29, 1.82) is 0 Å². The van der Waals surface area contributed by atoms with Gasteiger partial charge in [-0.15, -0.1) is 0 Å². The van der Waals surface area contributed by atoms with E-state index in [0.717, 1.165) is 43.1 Å². The third-order valence-electron chi connectivity index (χ3n) is 3.88. The first-order valence-corrected chi connectivity index (χ1v) is 7.38. The highest BCUT2D eigenvalue weighted by atomic mass is 15.2. The van der Waals surface area contributed by atoms with Gasteiger partial charge in [-0.25, -0.2) is 15.0 Å². The molecule has 1 aliphatic rings. The highest BCUT2D eigenvalue weighted by Gasteiger charge is 2.17. The van der Waals surface area contributed by atoms with Gasteiger partial charge < -0.3 is 5.32 Å². The maximum absolute atomic E-state index is 4.65. The highest BCUT2D eigenvalue weighted by Crippen LogP contribution is 2.21. The Bertz CT molecular complexity index is 602. The fraction of sp³-hybridized carbons (Fsp3) is 0.533. The predicted octanol–water partition coefficient (Wildman–Crippen LogP) is 1.96. The summed E-state index contributed by atoms with van der Waals surface area (Å²) in [6.07, 6.45) is 8.43. The number of nitrogens with zero attached hydrogens (tertiary/aromatic N) is 4. The van der Waals surface area contributed by atoms with Crippen molar-refractivity contribution in [2.75, 3.05) is 6.54 Å². The van der Waals surface area contributed by atoms with E-state index in [4.69, 9.17) is 0 Å². The van der Waals surface area contributed by atoms with Gasteiger partial charge in [0.15, 0.2) is 0 Å². The molecule has 0 aliphatic heterocycles. The van der Waals surface area contributed by atoms with Gasteiger partial charge >= 0.3 is 0 Å². The monoisotopic (exact) mass is 271 g/mol. The van der Waals surface area contributed by atoms with Gasteiger partial charge in [0.1, 0.15) is 6.33 Å². The first-order valence-electron chi connectivity index (χ1n) is 7.38. The lowest BCUT2D eigenvalue weighted by Crippen LogP contribution is -2.15. The summed E-state index contributed by atoms with van der Waals surface area (Å²) in [4.78, 5) is 13.7. The first kappa shape index (κ1) is 13.2. The van der Waals surface area contributed by atoms with E-state index in [-0.39, 0.29) is 0 Å². The average Bonchev–Trinajstić information content (AvgIpc) is 2.90. The molecule has 5 heteroatoms. The number of hydrogen-bond donors (Lipinski definition) is 1. The highest BCUT2D eigenvalue weighted by molar-refractivity contribution is 5.28. The molecule has 106 valence electrons. The van der Waals surface area contributed by atoms with Crippen molar-refractivity contribution in [1.82, 2.24) is 24.8 Å². The molecule has 2 aromatic heterocycles. The van der Waals surface area contributed by atoms with Crippen molar-refractivity contribution < 1.29 is 0 Å². The van der Waals surface area contributed by atoms with Gasteiger partial charge in [0, 0.05) is 29.7 Å². The molecule has 0 aromatic carbocycles. The van der Waals surface area contributed by atoms with Crippen LogP contribution in [-0.4, -0.2) is 26.1 Å². The van der Waals surface area contributed by atoms with E-state index in [1.807, 2.05) is 19.4 Å². The fourth-order valence-corrected chi connectivity index (χ4v) is 2.67. The lowest BCUT2D eigenvalue weighted by atomic mass is 10.0. The Hall–Kier alpha value is -1.75. The topological polar surface area (TPSA) is 55.6 Å². The number of aromatic nitrogens is 4. The van der Waals surface area contributed by atoms with Crippen molar-refractivity contribution in [2.45, 2.75) is 46.1 Å². The minimum atomic E-state index is 0.749. The van der Waals surface area contributed by atoms with Crippen molar-refractivity contribution >= 4 is 0 Å². The maximum Gasteiger partial charge on any atom is 0.235 e. The third-order valence-corrected chi connectivity index (χ3v) is 3.88. The summed E-state index contributed by atoms with van der Waals surface area (Å²) in [6.45, 7) is 5.92. The van der Waals surface area contributed by atoms with E-state index in [2.05, 4.69) is 31.8 Å². The molecular formula is C15H21N5. The van der Waals surface area contributed by atoms with Crippen LogP contribution in [0.15, 0.2) is 12.5 Å². The smallest absolute Gasteiger partial charge is 0.235 e. The van der Waals surface area contributed by atoms with Crippen LogP contribution in [0.4, 0.5) is 0 Å². The molecule has 2 aromatic rings. The Balaban J connectivity index is 1.91. The standard InChI is InChI=1S/C15H21N5/c1-3-16-8-12-9-17-15(19-11(12)2)20-10-18-13-6-4-5-7-14(13)20/h9-10,16H,3-8H2,1-2H3. The SMILES string of the molecule is CCNCc1cnc(-n2cnc3c2CCCC3)nc1C. The van der Waals surface area contributed by atoms with Gasteiger partial charge in [0.25, 0.3) is 0 Å². The zero-order valence-corrected chi connectivity index (χ0v) is 12.2. The van der Waals surface area contributed by atoms with Crippen LogP contribution >= 0.6 is 0 Å². The van der Waals surface area contributed by atoms with Gasteiger partial charge in [0.2, 0.25) is 5.95 Å². The van der Waals surface area contributed by atoms with Crippen LogP contribution in [0.1, 0.15) is 42.4 Å². The predicted molar refractivity (Wildman–Crippen MR) is 77.9 cm³/mol. The van der Waals surface area contributed by atoms with Crippen molar-refractivity contribution in [3.05, 3.63) is 35.2 Å². The maximum atomic E-state index is 4.65. The molecule has 2 heterocycles. The molecule has 0 amide bonds. The Morgan fingerprint density at radius 3 is 2.90 bits per heavy atom. The Labute approximate surface area is 119 Å². The summed E-state index contributed by atoms with van der Waals surface area (Å²) in [6, 6.07) is 0. The Morgan fingerprint density at radius 2 is 2.10 bits per heavy atom. The Morgan fingerprint density at radius 1 is 1.25 bits per heavy atom. The lowest BCUT2D eigenvalue weighted by molar-refractivity contribution is 0.650. The molecule has 0 spiro atoms. The zero-order valence-electron chi connectivity index (χ0n) is 12.2.